The summed E-state index contributed by atoms with van der Waals surface area (Å²) in [7, 11) is 0. The minimum atomic E-state index is 0.278. The van der Waals surface area contributed by atoms with E-state index >= 15 is 0 Å². The second-order valence-electron chi connectivity index (χ2n) is 3.64. The first-order chi connectivity index (χ1) is 7.75. The van der Waals surface area contributed by atoms with E-state index in [1.165, 1.54) is 5.56 Å². The van der Waals surface area contributed by atoms with Gasteiger partial charge in [-0.3, -0.25) is 0 Å². The molecule has 0 aliphatic carbocycles. The van der Waals surface area contributed by atoms with Gasteiger partial charge in [0.25, 0.3) is 0 Å². The lowest BCUT2D eigenvalue weighted by Crippen LogP contribution is -2.18. The average Bonchev–Trinajstić information content (AvgIpc) is 2.78. The second-order valence-corrected chi connectivity index (χ2v) is 4.79. The van der Waals surface area contributed by atoms with Gasteiger partial charge in [0.1, 0.15) is 0 Å². The molecule has 1 unspecified atom stereocenters. The number of halogens is 1. The lowest BCUT2D eigenvalue weighted by molar-refractivity contribution is 0.569. The van der Waals surface area contributed by atoms with Gasteiger partial charge in [-0.25, -0.2) is 4.98 Å². The van der Waals surface area contributed by atoms with E-state index in [0.717, 1.165) is 17.3 Å². The minimum absolute atomic E-state index is 0.278. The number of benzene rings is 1. The first kappa shape index (κ1) is 11.6. The summed E-state index contributed by atoms with van der Waals surface area (Å²) in [4.78, 5) is 4.23. The second kappa shape index (κ2) is 5.43. The van der Waals surface area contributed by atoms with E-state index in [4.69, 9.17) is 11.6 Å². The largest absolute Gasteiger partial charge is 0.305 e. The van der Waals surface area contributed by atoms with Gasteiger partial charge in [-0.15, -0.1) is 11.3 Å². The van der Waals surface area contributed by atoms with Crippen LogP contribution in [0, 0.1) is 0 Å². The van der Waals surface area contributed by atoms with E-state index in [0.29, 0.717) is 0 Å². The zero-order valence-corrected chi connectivity index (χ0v) is 10.6. The molecule has 0 radical (unpaired) electrons. The molecule has 1 N–H and O–H groups in total. The van der Waals surface area contributed by atoms with E-state index in [2.05, 4.69) is 28.7 Å². The summed E-state index contributed by atoms with van der Waals surface area (Å²) in [5.74, 6) is 0. The molecule has 2 rings (SSSR count). The van der Waals surface area contributed by atoms with Crippen LogP contribution in [-0.4, -0.2) is 4.98 Å². The molecule has 4 heteroatoms. The Labute approximate surface area is 104 Å². The van der Waals surface area contributed by atoms with Crippen molar-refractivity contribution in [2.45, 2.75) is 19.5 Å². The highest BCUT2D eigenvalue weighted by atomic mass is 35.5. The SMILES string of the molecule is CC(NCc1cscn1)c1cccc(Cl)c1. The third kappa shape index (κ3) is 3.04. The molecule has 16 heavy (non-hydrogen) atoms. The molecule has 1 aromatic heterocycles. The van der Waals surface area contributed by atoms with Gasteiger partial charge in [0, 0.05) is 23.0 Å². The summed E-state index contributed by atoms with van der Waals surface area (Å²) in [6, 6.07) is 8.20. The lowest BCUT2D eigenvalue weighted by atomic mass is 10.1. The van der Waals surface area contributed by atoms with E-state index < -0.39 is 0 Å². The molecule has 2 aromatic rings. The number of thiazole rings is 1. The van der Waals surface area contributed by atoms with Crippen molar-refractivity contribution in [2.24, 2.45) is 0 Å². The zero-order chi connectivity index (χ0) is 11.4. The summed E-state index contributed by atoms with van der Waals surface area (Å²) in [6.07, 6.45) is 0. The van der Waals surface area contributed by atoms with Crippen molar-refractivity contribution in [3.8, 4) is 0 Å². The predicted molar refractivity (Wildman–Crippen MR) is 68.8 cm³/mol. The number of aromatic nitrogens is 1. The number of nitrogens with zero attached hydrogens (tertiary/aromatic N) is 1. The van der Waals surface area contributed by atoms with Crippen molar-refractivity contribution >= 4 is 22.9 Å². The standard InChI is InChI=1S/C12H13ClN2S/c1-9(10-3-2-4-11(13)5-10)14-6-12-7-16-8-15-12/h2-5,7-9,14H,6H2,1H3. The van der Waals surface area contributed by atoms with Crippen molar-refractivity contribution in [1.82, 2.24) is 10.3 Å². The Kier molecular flexibility index (Phi) is 3.93. The monoisotopic (exact) mass is 252 g/mol. The molecule has 0 aliphatic heterocycles. The van der Waals surface area contributed by atoms with E-state index in [-0.39, 0.29) is 6.04 Å². The Balaban J connectivity index is 1.95. The molecule has 0 spiro atoms. The predicted octanol–water partition coefficient (Wildman–Crippen LogP) is 3.65. The van der Waals surface area contributed by atoms with Crippen molar-refractivity contribution in [3.05, 3.63) is 51.4 Å². The van der Waals surface area contributed by atoms with Gasteiger partial charge < -0.3 is 5.32 Å². The van der Waals surface area contributed by atoms with Gasteiger partial charge in [-0.2, -0.15) is 0 Å². The van der Waals surface area contributed by atoms with Crippen LogP contribution in [0.15, 0.2) is 35.2 Å². The molecule has 1 aromatic carbocycles. The van der Waals surface area contributed by atoms with Crippen LogP contribution in [0.4, 0.5) is 0 Å². The van der Waals surface area contributed by atoms with Crippen LogP contribution in [0.2, 0.25) is 5.02 Å². The molecular formula is C12H13ClN2S. The highest BCUT2D eigenvalue weighted by Gasteiger charge is 2.05. The molecule has 0 saturated heterocycles. The number of hydrogen-bond donors (Lipinski definition) is 1. The van der Waals surface area contributed by atoms with Crippen LogP contribution >= 0.6 is 22.9 Å². The summed E-state index contributed by atoms with van der Waals surface area (Å²) in [5.41, 5.74) is 4.13. The highest BCUT2D eigenvalue weighted by molar-refractivity contribution is 7.07. The lowest BCUT2D eigenvalue weighted by Gasteiger charge is -2.13. The molecule has 84 valence electrons. The van der Waals surface area contributed by atoms with E-state index in [1.54, 1.807) is 11.3 Å². The molecule has 1 heterocycles. The van der Waals surface area contributed by atoms with Crippen molar-refractivity contribution in [2.75, 3.05) is 0 Å². The Morgan fingerprint density at radius 3 is 3.06 bits per heavy atom. The maximum Gasteiger partial charge on any atom is 0.0795 e. The summed E-state index contributed by atoms with van der Waals surface area (Å²) in [6.45, 7) is 2.91. The molecule has 0 saturated carbocycles. The molecule has 0 bridgehead atoms. The van der Waals surface area contributed by atoms with Crippen LogP contribution < -0.4 is 5.32 Å². The Bertz CT molecular complexity index is 442. The van der Waals surface area contributed by atoms with Gasteiger partial charge in [-0.1, -0.05) is 23.7 Å². The quantitative estimate of drug-likeness (QED) is 0.899. The molecule has 0 amide bonds. The fraction of sp³-hybridized carbons (Fsp3) is 0.250. The Morgan fingerprint density at radius 2 is 2.38 bits per heavy atom. The van der Waals surface area contributed by atoms with Gasteiger partial charge in [0.2, 0.25) is 0 Å². The minimum Gasteiger partial charge on any atom is -0.305 e. The normalized spacial score (nSPS) is 12.6. The van der Waals surface area contributed by atoms with Gasteiger partial charge in [-0.05, 0) is 24.6 Å². The van der Waals surface area contributed by atoms with Crippen LogP contribution in [0.1, 0.15) is 24.2 Å². The number of hydrogen-bond acceptors (Lipinski definition) is 3. The van der Waals surface area contributed by atoms with Gasteiger partial charge in [0.05, 0.1) is 11.2 Å². The Hall–Kier alpha value is -0.900. The number of nitrogens with one attached hydrogen (secondary N) is 1. The smallest absolute Gasteiger partial charge is 0.0795 e. The maximum atomic E-state index is 5.95. The van der Waals surface area contributed by atoms with Gasteiger partial charge >= 0.3 is 0 Å². The molecule has 2 nitrogen and oxygen atoms in total. The van der Waals surface area contributed by atoms with Crippen molar-refractivity contribution in [3.63, 3.8) is 0 Å². The van der Waals surface area contributed by atoms with Crippen LogP contribution in [0.25, 0.3) is 0 Å². The maximum absolute atomic E-state index is 5.95. The first-order valence-corrected chi connectivity index (χ1v) is 6.43. The van der Waals surface area contributed by atoms with Crippen LogP contribution in [0.3, 0.4) is 0 Å². The topological polar surface area (TPSA) is 24.9 Å². The van der Waals surface area contributed by atoms with Crippen LogP contribution in [-0.2, 0) is 6.54 Å². The van der Waals surface area contributed by atoms with Crippen molar-refractivity contribution < 1.29 is 0 Å². The molecular weight excluding hydrogens is 240 g/mol. The summed E-state index contributed by atoms with van der Waals surface area (Å²) in [5, 5.41) is 6.24. The zero-order valence-electron chi connectivity index (χ0n) is 8.98. The Morgan fingerprint density at radius 1 is 1.50 bits per heavy atom. The third-order valence-corrected chi connectivity index (χ3v) is 3.29. The molecule has 1 atom stereocenters. The van der Waals surface area contributed by atoms with Gasteiger partial charge in [0.15, 0.2) is 0 Å². The third-order valence-electron chi connectivity index (χ3n) is 2.42. The molecule has 0 aliphatic rings. The van der Waals surface area contributed by atoms with E-state index in [1.807, 2.05) is 23.7 Å². The van der Waals surface area contributed by atoms with E-state index in [9.17, 15) is 0 Å². The first-order valence-electron chi connectivity index (χ1n) is 5.11. The highest BCUT2D eigenvalue weighted by Crippen LogP contribution is 2.17. The van der Waals surface area contributed by atoms with Crippen molar-refractivity contribution in [1.29, 1.82) is 0 Å². The summed E-state index contributed by atoms with van der Waals surface area (Å²) < 4.78 is 0. The molecule has 0 fully saturated rings. The number of rotatable bonds is 4. The summed E-state index contributed by atoms with van der Waals surface area (Å²) >= 11 is 7.57. The average molecular weight is 253 g/mol. The fourth-order valence-corrected chi connectivity index (χ4v) is 2.23. The fourth-order valence-electron chi connectivity index (χ4n) is 1.48. The van der Waals surface area contributed by atoms with Crippen LogP contribution in [0.5, 0.6) is 0 Å².